The van der Waals surface area contributed by atoms with Crippen LogP contribution in [0, 0.1) is 0 Å². The summed E-state index contributed by atoms with van der Waals surface area (Å²) in [5.41, 5.74) is 0. The molecule has 1 N–H and O–H groups in total. The lowest BCUT2D eigenvalue weighted by molar-refractivity contribution is 0.138. The van der Waals surface area contributed by atoms with E-state index in [1.54, 1.807) is 6.92 Å². The van der Waals surface area contributed by atoms with Gasteiger partial charge in [-0.15, -0.1) is 0 Å². The summed E-state index contributed by atoms with van der Waals surface area (Å²) >= 11 is 5.39. The van der Waals surface area contributed by atoms with Crippen LogP contribution in [-0.4, -0.2) is 10.2 Å². The van der Waals surface area contributed by atoms with E-state index in [2.05, 4.69) is 0 Å². The fraction of sp³-hybridized carbons (Fsp3) is 1.00. The van der Waals surface area contributed by atoms with Crippen LogP contribution >= 0.6 is 11.6 Å². The third kappa shape index (κ3) is 6.25. The van der Waals surface area contributed by atoms with Crippen LogP contribution < -0.4 is 0 Å². The third-order valence-electron chi connectivity index (χ3n) is 0.706. The Morgan fingerprint density at radius 1 is 1.71 bits per heavy atom. The predicted molar refractivity (Wildman–Crippen MR) is 31.4 cm³/mol. The van der Waals surface area contributed by atoms with E-state index >= 15 is 0 Å². The van der Waals surface area contributed by atoms with Crippen molar-refractivity contribution in [2.24, 2.45) is 0 Å². The Morgan fingerprint density at radius 3 is 2.14 bits per heavy atom. The maximum absolute atomic E-state index is 8.78. The molecular weight excluding hydrogens is 112 g/mol. The lowest BCUT2D eigenvalue weighted by Gasteiger charge is -2.10. The highest BCUT2D eigenvalue weighted by Crippen LogP contribution is 2.15. The van der Waals surface area contributed by atoms with Gasteiger partial charge in [0.2, 0.25) is 0 Å². The summed E-state index contributed by atoms with van der Waals surface area (Å²) in [5, 5.41) is 7.81. The van der Waals surface area contributed by atoms with Crippen molar-refractivity contribution in [3.63, 3.8) is 0 Å². The maximum Gasteiger partial charge on any atom is 0.135 e. The van der Waals surface area contributed by atoms with Crippen LogP contribution in [0.1, 0.15) is 26.7 Å². The van der Waals surface area contributed by atoms with Gasteiger partial charge < -0.3 is 5.11 Å². The van der Waals surface area contributed by atoms with Gasteiger partial charge in [0.15, 0.2) is 0 Å². The van der Waals surface area contributed by atoms with Crippen molar-refractivity contribution in [2.75, 3.05) is 0 Å². The van der Waals surface area contributed by atoms with E-state index in [0.29, 0.717) is 6.42 Å². The summed E-state index contributed by atoms with van der Waals surface area (Å²) in [6.07, 6.45) is 1.59. The lowest BCUT2D eigenvalue weighted by atomic mass is 10.2. The van der Waals surface area contributed by atoms with E-state index in [4.69, 9.17) is 16.7 Å². The molecule has 0 heterocycles. The second-order valence-electron chi connectivity index (χ2n) is 1.89. The third-order valence-corrected chi connectivity index (χ3v) is 0.895. The number of hydrogen-bond acceptors (Lipinski definition) is 1. The van der Waals surface area contributed by atoms with Crippen molar-refractivity contribution in [1.82, 2.24) is 0 Å². The van der Waals surface area contributed by atoms with Crippen molar-refractivity contribution in [2.45, 2.75) is 31.7 Å². The first-order chi connectivity index (χ1) is 3.06. The van der Waals surface area contributed by atoms with E-state index in [1.165, 1.54) is 0 Å². The molecule has 0 amide bonds. The summed E-state index contributed by atoms with van der Waals surface area (Å²) in [6.45, 7) is 3.58. The zero-order valence-corrected chi connectivity index (χ0v) is 5.50. The van der Waals surface area contributed by atoms with Crippen molar-refractivity contribution in [3.8, 4) is 0 Å². The first-order valence-corrected chi connectivity index (χ1v) is 2.85. The maximum atomic E-state index is 8.78. The van der Waals surface area contributed by atoms with E-state index in [0.717, 1.165) is 6.42 Å². The largest absolute Gasteiger partial charge is 0.375 e. The topological polar surface area (TPSA) is 20.2 Å². The number of alkyl halides is 1. The summed E-state index contributed by atoms with van der Waals surface area (Å²) in [7, 11) is 0. The average molecular weight is 123 g/mol. The molecule has 1 atom stereocenters. The normalized spacial score (nSPS) is 18.9. The summed E-state index contributed by atoms with van der Waals surface area (Å²) < 4.78 is 0. The molecule has 0 aliphatic rings. The van der Waals surface area contributed by atoms with Gasteiger partial charge in [0.1, 0.15) is 5.06 Å². The van der Waals surface area contributed by atoms with Crippen molar-refractivity contribution in [3.05, 3.63) is 0 Å². The Bertz CT molecular complexity index is 46.5. The van der Waals surface area contributed by atoms with Crippen LogP contribution in [0.2, 0.25) is 0 Å². The van der Waals surface area contributed by atoms with Crippen molar-refractivity contribution < 1.29 is 5.11 Å². The minimum absolute atomic E-state index is 0.661. The average Bonchev–Trinajstić information content (AvgIpc) is 1.30. The molecule has 0 saturated heterocycles. The number of aliphatic hydroxyl groups is 1. The molecular formula is C5H11ClO. The SMILES string of the molecule is CCCC(C)(O)Cl. The first kappa shape index (κ1) is 7.25. The molecule has 0 saturated carbocycles. The van der Waals surface area contributed by atoms with Crippen LogP contribution in [-0.2, 0) is 0 Å². The van der Waals surface area contributed by atoms with Gasteiger partial charge in [0.05, 0.1) is 0 Å². The van der Waals surface area contributed by atoms with Crippen molar-refractivity contribution in [1.29, 1.82) is 0 Å². The Morgan fingerprint density at radius 2 is 2.14 bits per heavy atom. The van der Waals surface area contributed by atoms with Crippen LogP contribution in [0.15, 0.2) is 0 Å². The van der Waals surface area contributed by atoms with Gasteiger partial charge in [-0.25, -0.2) is 0 Å². The van der Waals surface area contributed by atoms with Crippen molar-refractivity contribution >= 4 is 11.6 Å². The van der Waals surface area contributed by atoms with Gasteiger partial charge in [0, 0.05) is 0 Å². The summed E-state index contributed by atoms with van der Waals surface area (Å²) in [4.78, 5) is 0. The highest BCUT2D eigenvalue weighted by Gasteiger charge is 2.11. The molecule has 44 valence electrons. The minimum atomic E-state index is -0.977. The molecule has 1 unspecified atom stereocenters. The van der Waals surface area contributed by atoms with E-state index in [-0.39, 0.29) is 0 Å². The van der Waals surface area contributed by atoms with Gasteiger partial charge in [0.25, 0.3) is 0 Å². The molecule has 0 aliphatic heterocycles. The van der Waals surface area contributed by atoms with Gasteiger partial charge in [-0.1, -0.05) is 24.9 Å². The fourth-order valence-electron chi connectivity index (χ4n) is 0.456. The zero-order valence-electron chi connectivity index (χ0n) is 4.74. The highest BCUT2D eigenvalue weighted by atomic mass is 35.5. The number of halogens is 1. The summed E-state index contributed by atoms with van der Waals surface area (Å²) in [5.74, 6) is 0. The fourth-order valence-corrected chi connectivity index (χ4v) is 0.645. The second kappa shape index (κ2) is 2.53. The van der Waals surface area contributed by atoms with Gasteiger partial charge in [-0.3, -0.25) is 0 Å². The molecule has 0 aromatic carbocycles. The van der Waals surface area contributed by atoms with E-state index in [1.807, 2.05) is 6.92 Å². The Labute approximate surface area is 49.3 Å². The minimum Gasteiger partial charge on any atom is -0.375 e. The van der Waals surface area contributed by atoms with Crippen LogP contribution in [0.5, 0.6) is 0 Å². The van der Waals surface area contributed by atoms with E-state index in [9.17, 15) is 0 Å². The Balaban J connectivity index is 3.15. The molecule has 0 rings (SSSR count). The molecule has 0 aromatic heterocycles. The highest BCUT2D eigenvalue weighted by molar-refractivity contribution is 6.22. The van der Waals surface area contributed by atoms with Gasteiger partial charge in [-0.2, -0.15) is 0 Å². The summed E-state index contributed by atoms with van der Waals surface area (Å²) in [6, 6.07) is 0. The van der Waals surface area contributed by atoms with Gasteiger partial charge in [-0.05, 0) is 13.3 Å². The molecule has 1 nitrogen and oxygen atoms in total. The molecule has 2 heteroatoms. The Hall–Kier alpha value is 0.250. The van der Waals surface area contributed by atoms with Crippen LogP contribution in [0.25, 0.3) is 0 Å². The molecule has 7 heavy (non-hydrogen) atoms. The lowest BCUT2D eigenvalue weighted by Crippen LogP contribution is -2.12. The smallest absolute Gasteiger partial charge is 0.135 e. The quantitative estimate of drug-likeness (QED) is 0.553. The number of hydrogen-bond donors (Lipinski definition) is 1. The molecule has 0 radical (unpaired) electrons. The van der Waals surface area contributed by atoms with E-state index < -0.39 is 5.06 Å². The molecule has 0 spiro atoms. The predicted octanol–water partition coefficient (Wildman–Crippen LogP) is 1.73. The molecule has 0 fully saturated rings. The standard InChI is InChI=1S/C5H11ClO/c1-3-4-5(2,6)7/h7H,3-4H2,1-2H3. The van der Waals surface area contributed by atoms with Gasteiger partial charge >= 0.3 is 0 Å². The van der Waals surface area contributed by atoms with Crippen LogP contribution in [0.4, 0.5) is 0 Å². The first-order valence-electron chi connectivity index (χ1n) is 2.47. The Kier molecular flexibility index (Phi) is 2.62. The second-order valence-corrected chi connectivity index (χ2v) is 2.71. The zero-order chi connectivity index (χ0) is 5.91. The molecule has 0 aliphatic carbocycles. The monoisotopic (exact) mass is 122 g/mol. The molecule has 0 bridgehead atoms. The van der Waals surface area contributed by atoms with Crippen LogP contribution in [0.3, 0.4) is 0 Å². The number of rotatable bonds is 2. The molecule has 0 aromatic rings.